The molecule has 4 unspecified atom stereocenters. The highest BCUT2D eigenvalue weighted by Gasteiger charge is 2.58. The van der Waals surface area contributed by atoms with E-state index in [1.807, 2.05) is 46.4 Å². The van der Waals surface area contributed by atoms with Gasteiger partial charge in [-0.1, -0.05) is 0 Å². The van der Waals surface area contributed by atoms with Crippen molar-refractivity contribution in [3.8, 4) is 0 Å². The SMILES string of the molecule is CC(C)(C)OC(=O)N1C2CCC1CC1(C2)CN(c2ccc(N)nc2)C(=O)O1.CC(C)(C)OC(=O)N1C2CCC1CC1(C2)CN(c2ccc([N+](=O)[O-])nc2)C(=O)O1. The van der Waals surface area contributed by atoms with Crippen LogP contribution < -0.4 is 15.5 Å². The molecule has 8 heterocycles. The van der Waals surface area contributed by atoms with Crippen LogP contribution >= 0.6 is 0 Å². The second-order valence-electron chi connectivity index (χ2n) is 17.7. The second-order valence-corrected chi connectivity index (χ2v) is 17.7. The van der Waals surface area contributed by atoms with E-state index in [1.165, 1.54) is 23.2 Å². The molecule has 18 heteroatoms. The summed E-state index contributed by atoms with van der Waals surface area (Å²) in [5.74, 6) is 0.129. The third kappa shape index (κ3) is 7.82. The van der Waals surface area contributed by atoms with Crippen LogP contribution in [0.25, 0.3) is 0 Å². The molecule has 0 aliphatic carbocycles. The van der Waals surface area contributed by atoms with Crippen LogP contribution in [0.1, 0.15) is 92.9 Å². The van der Waals surface area contributed by atoms with Crippen molar-refractivity contribution < 1.29 is 43.0 Å². The van der Waals surface area contributed by atoms with Crippen LogP contribution in [0.3, 0.4) is 0 Å². The number of nitrogen functional groups attached to an aromatic ring is 1. The monoisotopic (exact) mass is 778 g/mol. The number of fused-ring (bicyclic) bond motifs is 4. The van der Waals surface area contributed by atoms with Gasteiger partial charge >= 0.3 is 30.2 Å². The number of nitrogens with two attached hydrogens (primary N) is 1. The number of aromatic nitrogens is 2. The van der Waals surface area contributed by atoms with Crippen molar-refractivity contribution in [3.05, 3.63) is 46.8 Å². The highest BCUT2D eigenvalue weighted by molar-refractivity contribution is 5.91. The molecule has 4 atom stereocenters. The Morgan fingerprint density at radius 2 is 1.12 bits per heavy atom. The molecule has 0 radical (unpaired) electrons. The van der Waals surface area contributed by atoms with Gasteiger partial charge in [0.2, 0.25) is 0 Å². The first-order valence-corrected chi connectivity index (χ1v) is 19.1. The van der Waals surface area contributed by atoms with Gasteiger partial charge in [-0.3, -0.25) is 9.80 Å². The molecule has 2 aromatic rings. The van der Waals surface area contributed by atoms with Crippen LogP contribution in [0, 0.1) is 10.1 Å². The summed E-state index contributed by atoms with van der Waals surface area (Å²) in [5, 5.41) is 10.8. The molecule has 6 saturated heterocycles. The van der Waals surface area contributed by atoms with Gasteiger partial charge in [-0.15, -0.1) is 0 Å². The Bertz CT molecular complexity index is 1850. The molecule has 2 N–H and O–H groups in total. The Kier molecular flexibility index (Phi) is 9.68. The molecule has 6 fully saturated rings. The first kappa shape index (κ1) is 38.8. The van der Waals surface area contributed by atoms with E-state index in [0.717, 1.165) is 25.7 Å². The average molecular weight is 779 g/mol. The summed E-state index contributed by atoms with van der Waals surface area (Å²) in [6.07, 6.45) is 7.32. The second kappa shape index (κ2) is 14.0. The molecule has 0 aromatic carbocycles. The maximum atomic E-state index is 12.6. The van der Waals surface area contributed by atoms with Crippen LogP contribution in [0.5, 0.6) is 0 Å². The van der Waals surface area contributed by atoms with Gasteiger partial charge in [0, 0.05) is 55.9 Å². The topological polar surface area (TPSA) is 213 Å². The van der Waals surface area contributed by atoms with Gasteiger partial charge in [-0.2, -0.15) is 0 Å². The van der Waals surface area contributed by atoms with Gasteiger partial charge in [0.25, 0.3) is 0 Å². The largest absolute Gasteiger partial charge is 0.444 e. The number of hydrogen-bond acceptors (Lipinski definition) is 13. The van der Waals surface area contributed by atoms with Gasteiger partial charge < -0.3 is 44.6 Å². The fourth-order valence-corrected chi connectivity index (χ4v) is 9.11. The summed E-state index contributed by atoms with van der Waals surface area (Å²) in [6.45, 7) is 11.9. The molecule has 6 aliphatic heterocycles. The standard InChI is InChI=1S/C19H24N4O6.C19H26N4O4/c1-18(2,3)28-17(25)22-12-4-5-13(22)9-19(8-12)11-21(16(24)29-19)14-6-7-15(20-10-14)23(26)27;1-18(2,3)26-17(25)23-12-4-5-13(23)9-19(8-12)11-22(16(24)27-19)14-6-7-15(20)21-10-14/h6-7,10,12-13H,4-5,8-9,11H2,1-3H3;6-7,10,12-13H,4-5,8-9,11H2,1-3H3,(H2,20,21). The van der Waals surface area contributed by atoms with Crippen molar-refractivity contribution in [1.29, 1.82) is 0 Å². The highest BCUT2D eigenvalue weighted by atomic mass is 16.6. The smallest absolute Gasteiger partial charge is 0.415 e. The number of nitro groups is 1. The average Bonchev–Trinajstić information content (AvgIpc) is 3.77. The molecule has 4 amide bonds. The van der Waals surface area contributed by atoms with E-state index in [1.54, 1.807) is 28.1 Å². The number of ether oxygens (including phenoxy) is 4. The summed E-state index contributed by atoms with van der Waals surface area (Å²) in [4.78, 5) is 75.1. The molecule has 56 heavy (non-hydrogen) atoms. The lowest BCUT2D eigenvalue weighted by molar-refractivity contribution is -0.389. The molecule has 18 nitrogen and oxygen atoms in total. The van der Waals surface area contributed by atoms with E-state index in [2.05, 4.69) is 9.97 Å². The first-order valence-electron chi connectivity index (χ1n) is 19.1. The van der Waals surface area contributed by atoms with Crippen molar-refractivity contribution >= 4 is 47.4 Å². The van der Waals surface area contributed by atoms with Crippen LogP contribution in [0.4, 0.5) is 42.2 Å². The third-order valence-electron chi connectivity index (χ3n) is 11.1. The van der Waals surface area contributed by atoms with E-state index >= 15 is 0 Å². The molecule has 302 valence electrons. The summed E-state index contributed by atoms with van der Waals surface area (Å²) in [6, 6.07) is 6.21. The number of amides is 4. The van der Waals surface area contributed by atoms with Gasteiger partial charge in [-0.05, 0) is 95.3 Å². The lowest BCUT2D eigenvalue weighted by atomic mass is 9.86. The Balaban J connectivity index is 0.000000172. The Morgan fingerprint density at radius 3 is 1.45 bits per heavy atom. The van der Waals surface area contributed by atoms with Crippen LogP contribution in [-0.2, 0) is 18.9 Å². The predicted octanol–water partition coefficient (Wildman–Crippen LogP) is 6.17. The molecular formula is C38H50N8O10. The summed E-state index contributed by atoms with van der Waals surface area (Å²) >= 11 is 0. The van der Waals surface area contributed by atoms with E-state index in [4.69, 9.17) is 24.7 Å². The number of nitrogens with zero attached hydrogens (tertiary/aromatic N) is 7. The molecule has 4 bridgehead atoms. The number of carbonyl (C=O) groups excluding carboxylic acids is 4. The maximum Gasteiger partial charge on any atom is 0.415 e. The third-order valence-corrected chi connectivity index (χ3v) is 11.1. The fraction of sp³-hybridized carbons (Fsp3) is 0.632. The molecule has 2 spiro atoms. The van der Waals surface area contributed by atoms with Crippen molar-refractivity contribution in [3.63, 3.8) is 0 Å². The van der Waals surface area contributed by atoms with E-state index in [0.29, 0.717) is 56.0 Å². The highest BCUT2D eigenvalue weighted by Crippen LogP contribution is 2.48. The van der Waals surface area contributed by atoms with Gasteiger partial charge in [0.15, 0.2) is 6.20 Å². The number of anilines is 3. The summed E-state index contributed by atoms with van der Waals surface area (Å²) < 4.78 is 22.8. The minimum absolute atomic E-state index is 0.0358. The Hall–Kier alpha value is -5.42. The zero-order chi connectivity index (χ0) is 40.4. The minimum Gasteiger partial charge on any atom is -0.444 e. The van der Waals surface area contributed by atoms with Crippen LogP contribution in [-0.4, -0.2) is 109 Å². The van der Waals surface area contributed by atoms with Gasteiger partial charge in [0.05, 0.1) is 30.7 Å². The summed E-state index contributed by atoms with van der Waals surface area (Å²) in [5.41, 5.74) is 4.43. The predicted molar refractivity (Wildman–Crippen MR) is 201 cm³/mol. The Morgan fingerprint density at radius 1 is 0.732 bits per heavy atom. The molecule has 0 saturated carbocycles. The van der Waals surface area contributed by atoms with Crippen LogP contribution in [0.15, 0.2) is 36.7 Å². The number of carbonyl (C=O) groups is 4. The number of piperidine rings is 2. The lowest BCUT2D eigenvalue weighted by Gasteiger charge is -2.43. The van der Waals surface area contributed by atoms with Crippen molar-refractivity contribution in [1.82, 2.24) is 19.8 Å². The maximum absolute atomic E-state index is 12.6. The molecule has 8 rings (SSSR count). The van der Waals surface area contributed by atoms with Crippen molar-refractivity contribution in [2.45, 2.75) is 139 Å². The minimum atomic E-state index is -0.677. The molecular weight excluding hydrogens is 728 g/mol. The van der Waals surface area contributed by atoms with E-state index in [9.17, 15) is 29.3 Å². The number of rotatable bonds is 3. The summed E-state index contributed by atoms with van der Waals surface area (Å²) in [7, 11) is 0. The van der Waals surface area contributed by atoms with E-state index < -0.39 is 33.4 Å². The van der Waals surface area contributed by atoms with Gasteiger partial charge in [0.1, 0.15) is 28.2 Å². The zero-order valence-corrected chi connectivity index (χ0v) is 32.6. The van der Waals surface area contributed by atoms with Gasteiger partial charge in [-0.25, -0.2) is 24.2 Å². The van der Waals surface area contributed by atoms with Crippen LogP contribution in [0.2, 0.25) is 0 Å². The fourth-order valence-electron chi connectivity index (χ4n) is 9.11. The molecule has 2 aromatic heterocycles. The number of hydrogen-bond donors (Lipinski definition) is 1. The zero-order valence-electron chi connectivity index (χ0n) is 32.6. The first-order chi connectivity index (χ1) is 26.2. The normalized spacial score (nSPS) is 29.2. The molecule has 6 aliphatic rings. The Labute approximate surface area is 324 Å². The van der Waals surface area contributed by atoms with E-state index in [-0.39, 0.29) is 48.3 Å². The lowest BCUT2D eigenvalue weighted by Crippen LogP contribution is -2.55. The van der Waals surface area contributed by atoms with Crippen molar-refractivity contribution in [2.24, 2.45) is 0 Å². The quantitative estimate of drug-likeness (QED) is 0.210. The number of pyridine rings is 2. The van der Waals surface area contributed by atoms with Crippen molar-refractivity contribution in [2.75, 3.05) is 28.6 Å².